The molecule has 35 heavy (non-hydrogen) atoms. The normalized spacial score (nSPS) is 12.2. The number of nitrogens with zero attached hydrogens (tertiary/aromatic N) is 4. The first-order valence-electron chi connectivity index (χ1n) is 11.1. The Kier molecular flexibility index (Phi) is 8.86. The Balaban J connectivity index is 0.000000371. The maximum Gasteiger partial charge on any atom is 0.328 e. The van der Waals surface area contributed by atoms with E-state index in [-0.39, 0.29) is 0 Å². The average molecular weight is 473 g/mol. The predicted molar refractivity (Wildman–Crippen MR) is 137 cm³/mol. The molecule has 1 aliphatic rings. The molecule has 0 saturated heterocycles. The third-order valence-corrected chi connectivity index (χ3v) is 5.15. The standard InChI is InChI=1S/C23H24N4.C4H4O4/c1-26(2)15-8-16-27-21-12-7-6-11-19(21)23(18-9-4-3-5-10-18)25-20-17-24-14-13-22(20)27;5-3(6)1-2-4(7)8/h3-7,9-14,17H,8,15-16H2,1-2H3;1-2H,(H,5,6)(H,7,8)/b;2-1+. The number of hydrogen-bond donors (Lipinski definition) is 2. The SMILES string of the molecule is CN(C)CCCN1c2ccncc2N=C(c2ccccc2)c2ccccc21.O=C(O)/C=C/C(=O)O. The fourth-order valence-electron chi connectivity index (χ4n) is 3.66. The van der Waals surface area contributed by atoms with Crippen LogP contribution in [-0.2, 0) is 9.59 Å². The maximum absolute atomic E-state index is 9.55. The van der Waals surface area contributed by atoms with Crippen LogP contribution < -0.4 is 4.90 Å². The largest absolute Gasteiger partial charge is 0.478 e. The second-order valence-corrected chi connectivity index (χ2v) is 8.03. The summed E-state index contributed by atoms with van der Waals surface area (Å²) in [6, 6.07) is 21.0. The van der Waals surface area contributed by atoms with Crippen molar-refractivity contribution in [3.05, 3.63) is 96.3 Å². The van der Waals surface area contributed by atoms with Crippen LogP contribution in [0.5, 0.6) is 0 Å². The van der Waals surface area contributed by atoms with Gasteiger partial charge in [0.1, 0.15) is 5.69 Å². The topological polar surface area (TPSA) is 106 Å². The molecule has 0 saturated carbocycles. The van der Waals surface area contributed by atoms with Crippen molar-refractivity contribution in [3.63, 3.8) is 0 Å². The minimum atomic E-state index is -1.26. The van der Waals surface area contributed by atoms with Gasteiger partial charge in [0.25, 0.3) is 0 Å². The van der Waals surface area contributed by atoms with E-state index in [4.69, 9.17) is 15.2 Å². The van der Waals surface area contributed by atoms with Gasteiger partial charge < -0.3 is 20.0 Å². The van der Waals surface area contributed by atoms with Crippen molar-refractivity contribution in [1.82, 2.24) is 9.88 Å². The van der Waals surface area contributed by atoms with Gasteiger partial charge in [0.2, 0.25) is 0 Å². The first-order valence-corrected chi connectivity index (χ1v) is 11.1. The van der Waals surface area contributed by atoms with Gasteiger partial charge in [0.05, 0.1) is 23.3 Å². The van der Waals surface area contributed by atoms with Crippen LogP contribution >= 0.6 is 0 Å². The van der Waals surface area contributed by atoms with E-state index in [0.717, 1.165) is 47.7 Å². The molecule has 0 unspecified atom stereocenters. The van der Waals surface area contributed by atoms with Crippen LogP contribution in [0.3, 0.4) is 0 Å². The third-order valence-electron chi connectivity index (χ3n) is 5.15. The number of rotatable bonds is 7. The fourth-order valence-corrected chi connectivity index (χ4v) is 3.66. The van der Waals surface area contributed by atoms with Crippen molar-refractivity contribution in [2.75, 3.05) is 32.1 Å². The number of aromatic nitrogens is 1. The minimum Gasteiger partial charge on any atom is -0.478 e. The fraction of sp³-hybridized carbons (Fsp3) is 0.185. The van der Waals surface area contributed by atoms with E-state index in [1.165, 1.54) is 5.69 Å². The lowest BCUT2D eigenvalue weighted by atomic mass is 10.00. The summed E-state index contributed by atoms with van der Waals surface area (Å²) < 4.78 is 0. The van der Waals surface area contributed by atoms with E-state index in [2.05, 4.69) is 83.5 Å². The molecule has 3 aromatic rings. The molecule has 180 valence electrons. The highest BCUT2D eigenvalue weighted by Crippen LogP contribution is 2.39. The number of aliphatic imine (C=N–C) groups is 1. The molecule has 2 heterocycles. The number of carbonyl (C=O) groups is 2. The van der Waals surface area contributed by atoms with Crippen molar-refractivity contribution in [1.29, 1.82) is 0 Å². The molecule has 0 spiro atoms. The van der Waals surface area contributed by atoms with Gasteiger partial charge in [-0.2, -0.15) is 0 Å². The zero-order valence-electron chi connectivity index (χ0n) is 19.7. The number of hydrogen-bond acceptors (Lipinski definition) is 6. The zero-order valence-corrected chi connectivity index (χ0v) is 19.7. The van der Waals surface area contributed by atoms with Crippen molar-refractivity contribution < 1.29 is 19.8 Å². The van der Waals surface area contributed by atoms with Gasteiger partial charge in [-0.05, 0) is 39.2 Å². The number of benzene rings is 2. The Bertz CT molecular complexity index is 1210. The van der Waals surface area contributed by atoms with Gasteiger partial charge in [0, 0.05) is 36.0 Å². The molecular formula is C27H28N4O4. The highest BCUT2D eigenvalue weighted by molar-refractivity contribution is 6.18. The van der Waals surface area contributed by atoms with Crippen LogP contribution in [0.1, 0.15) is 17.5 Å². The molecule has 1 aliphatic heterocycles. The number of anilines is 2. The predicted octanol–water partition coefficient (Wildman–Crippen LogP) is 4.37. The van der Waals surface area contributed by atoms with Gasteiger partial charge in [-0.3, -0.25) is 4.98 Å². The van der Waals surface area contributed by atoms with Gasteiger partial charge in [-0.15, -0.1) is 0 Å². The molecule has 8 nitrogen and oxygen atoms in total. The molecule has 4 rings (SSSR count). The highest BCUT2D eigenvalue weighted by Gasteiger charge is 2.23. The molecule has 8 heteroatoms. The Hall–Kier alpha value is -4.30. The summed E-state index contributed by atoms with van der Waals surface area (Å²) in [7, 11) is 4.23. The lowest BCUT2D eigenvalue weighted by molar-refractivity contribution is -0.134. The molecule has 2 aromatic carbocycles. The van der Waals surface area contributed by atoms with Crippen molar-refractivity contribution in [3.8, 4) is 0 Å². The van der Waals surface area contributed by atoms with Crippen molar-refractivity contribution >= 4 is 34.7 Å². The number of aliphatic carboxylic acids is 2. The van der Waals surface area contributed by atoms with Crippen LogP contribution in [-0.4, -0.2) is 64.9 Å². The van der Waals surface area contributed by atoms with Gasteiger partial charge in [0.15, 0.2) is 0 Å². The van der Waals surface area contributed by atoms with Crippen LogP contribution in [0.2, 0.25) is 0 Å². The van der Waals surface area contributed by atoms with E-state index in [1.54, 1.807) is 0 Å². The second kappa shape index (κ2) is 12.2. The van der Waals surface area contributed by atoms with E-state index in [0.29, 0.717) is 12.2 Å². The summed E-state index contributed by atoms with van der Waals surface area (Å²) in [6.07, 6.45) is 5.90. The van der Waals surface area contributed by atoms with Gasteiger partial charge in [-0.1, -0.05) is 48.5 Å². The number of fused-ring (bicyclic) bond motifs is 2. The van der Waals surface area contributed by atoms with Crippen LogP contribution in [0.25, 0.3) is 0 Å². The zero-order chi connectivity index (χ0) is 25.2. The van der Waals surface area contributed by atoms with Crippen LogP contribution in [0.4, 0.5) is 17.1 Å². The Morgan fingerprint density at radius 1 is 0.914 bits per heavy atom. The minimum absolute atomic E-state index is 0.558. The highest BCUT2D eigenvalue weighted by atomic mass is 16.4. The molecule has 0 fully saturated rings. The van der Waals surface area contributed by atoms with Crippen molar-refractivity contribution in [2.45, 2.75) is 6.42 Å². The van der Waals surface area contributed by atoms with Gasteiger partial charge in [-0.25, -0.2) is 14.6 Å². The summed E-state index contributed by atoms with van der Waals surface area (Å²) in [6.45, 7) is 1.98. The smallest absolute Gasteiger partial charge is 0.328 e. The summed E-state index contributed by atoms with van der Waals surface area (Å²) in [5, 5.41) is 15.6. The summed E-state index contributed by atoms with van der Waals surface area (Å²) in [5.74, 6) is -2.51. The number of carboxylic acids is 2. The van der Waals surface area contributed by atoms with E-state index in [1.807, 2.05) is 18.5 Å². The third kappa shape index (κ3) is 7.09. The van der Waals surface area contributed by atoms with E-state index < -0.39 is 11.9 Å². The lowest BCUT2D eigenvalue weighted by Crippen LogP contribution is -2.24. The first kappa shape index (κ1) is 25.3. The summed E-state index contributed by atoms with van der Waals surface area (Å²) in [5.41, 5.74) is 6.50. The molecule has 1 aromatic heterocycles. The lowest BCUT2D eigenvalue weighted by Gasteiger charge is -2.27. The molecule has 2 N–H and O–H groups in total. The van der Waals surface area contributed by atoms with Gasteiger partial charge >= 0.3 is 11.9 Å². The number of pyridine rings is 1. The quantitative estimate of drug-likeness (QED) is 0.492. The molecular weight excluding hydrogens is 444 g/mol. The Labute approximate surface area is 204 Å². The molecule has 0 amide bonds. The van der Waals surface area contributed by atoms with Crippen molar-refractivity contribution in [2.24, 2.45) is 4.99 Å². The van der Waals surface area contributed by atoms with E-state index in [9.17, 15) is 9.59 Å². The number of carboxylic acid groups (broad SMARTS) is 2. The molecule has 0 radical (unpaired) electrons. The molecule has 0 bridgehead atoms. The molecule has 0 aliphatic carbocycles. The van der Waals surface area contributed by atoms with Crippen LogP contribution in [0, 0.1) is 0 Å². The monoisotopic (exact) mass is 472 g/mol. The Morgan fingerprint density at radius 2 is 1.57 bits per heavy atom. The maximum atomic E-state index is 9.55. The summed E-state index contributed by atoms with van der Waals surface area (Å²) >= 11 is 0. The summed E-state index contributed by atoms with van der Waals surface area (Å²) in [4.78, 5) is 33.1. The number of para-hydroxylation sites is 1. The first-order chi connectivity index (χ1) is 16.9. The average Bonchev–Trinajstić information content (AvgIpc) is 2.99. The van der Waals surface area contributed by atoms with Crippen LogP contribution in [0.15, 0.2) is 90.2 Å². The Morgan fingerprint density at radius 3 is 2.23 bits per heavy atom. The second-order valence-electron chi connectivity index (χ2n) is 8.03. The van der Waals surface area contributed by atoms with E-state index >= 15 is 0 Å². The molecule has 0 atom stereocenters.